The molecule has 0 spiro atoms. The lowest BCUT2D eigenvalue weighted by Crippen LogP contribution is -2.14. The summed E-state index contributed by atoms with van der Waals surface area (Å²) in [5, 5.41) is 15.3. The number of aromatic nitrogens is 2. The summed E-state index contributed by atoms with van der Waals surface area (Å²) in [5.74, 6) is -0.102. The fraction of sp³-hybridized carbons (Fsp3) is 0.148. The minimum atomic E-state index is -4.53. The van der Waals surface area contributed by atoms with Gasteiger partial charge in [0.25, 0.3) is 5.91 Å². The number of amides is 1. The zero-order chi connectivity index (χ0) is 25.7. The quantitative estimate of drug-likeness (QED) is 0.291. The van der Waals surface area contributed by atoms with Crippen molar-refractivity contribution in [2.45, 2.75) is 25.7 Å². The molecule has 0 unspecified atom stereocenters. The maximum Gasteiger partial charge on any atom is 0.416 e. The first-order valence-electron chi connectivity index (χ1n) is 11.1. The van der Waals surface area contributed by atoms with Crippen molar-refractivity contribution in [3.63, 3.8) is 0 Å². The van der Waals surface area contributed by atoms with E-state index in [4.69, 9.17) is 0 Å². The molecule has 0 saturated heterocycles. The molecular formula is C27H23F3N4O2. The molecule has 4 rings (SSSR count). The Balaban J connectivity index is 1.47. The molecule has 3 N–H and O–H groups in total. The normalized spacial score (nSPS) is 12.1. The summed E-state index contributed by atoms with van der Waals surface area (Å²) in [6.45, 7) is 1.84. The van der Waals surface area contributed by atoms with E-state index in [1.165, 1.54) is 12.1 Å². The second-order valence-electron chi connectivity index (χ2n) is 8.17. The molecule has 0 saturated carbocycles. The number of rotatable bonds is 7. The second-order valence-corrected chi connectivity index (χ2v) is 8.17. The van der Waals surface area contributed by atoms with Crippen LogP contribution in [0.1, 0.15) is 40.0 Å². The van der Waals surface area contributed by atoms with E-state index < -0.39 is 17.6 Å². The number of nitrogens with zero attached hydrogens (tertiary/aromatic N) is 2. The molecule has 184 valence electrons. The third kappa shape index (κ3) is 6.05. The first-order valence-corrected chi connectivity index (χ1v) is 11.1. The second kappa shape index (κ2) is 10.6. The molecule has 0 aliphatic heterocycles. The third-order valence-electron chi connectivity index (χ3n) is 5.50. The highest BCUT2D eigenvalue weighted by Crippen LogP contribution is 2.30. The van der Waals surface area contributed by atoms with Gasteiger partial charge in [0, 0.05) is 16.8 Å². The van der Waals surface area contributed by atoms with Crippen molar-refractivity contribution < 1.29 is 23.1 Å². The molecule has 3 aromatic carbocycles. The number of nitrogens with one attached hydrogen (secondary N) is 2. The Morgan fingerprint density at radius 3 is 2.56 bits per heavy atom. The van der Waals surface area contributed by atoms with Crippen molar-refractivity contribution in [1.82, 2.24) is 9.97 Å². The Morgan fingerprint density at radius 2 is 1.78 bits per heavy atom. The fourth-order valence-electron chi connectivity index (χ4n) is 3.63. The Morgan fingerprint density at radius 1 is 1.00 bits per heavy atom. The van der Waals surface area contributed by atoms with E-state index in [0.29, 0.717) is 17.2 Å². The zero-order valence-electron chi connectivity index (χ0n) is 19.3. The van der Waals surface area contributed by atoms with Crippen LogP contribution >= 0.6 is 0 Å². The van der Waals surface area contributed by atoms with E-state index in [1.54, 1.807) is 30.6 Å². The number of alkyl halides is 3. The maximum atomic E-state index is 13.0. The molecule has 0 bridgehead atoms. The number of benzene rings is 3. The van der Waals surface area contributed by atoms with Crippen LogP contribution in [0.3, 0.4) is 0 Å². The minimum Gasteiger partial charge on any atom is -0.392 e. The van der Waals surface area contributed by atoms with E-state index in [0.717, 1.165) is 28.8 Å². The highest BCUT2D eigenvalue weighted by Gasteiger charge is 2.30. The lowest BCUT2D eigenvalue weighted by Gasteiger charge is -2.17. The summed E-state index contributed by atoms with van der Waals surface area (Å²) in [6, 6.07) is 18.5. The zero-order valence-corrected chi connectivity index (χ0v) is 19.3. The predicted molar refractivity (Wildman–Crippen MR) is 131 cm³/mol. The Labute approximate surface area is 205 Å². The van der Waals surface area contributed by atoms with Gasteiger partial charge in [-0.3, -0.25) is 9.78 Å². The van der Waals surface area contributed by atoms with Crippen molar-refractivity contribution in [3.05, 3.63) is 107 Å². The van der Waals surface area contributed by atoms with E-state index in [9.17, 15) is 23.1 Å². The molecule has 4 aromatic rings. The van der Waals surface area contributed by atoms with E-state index in [1.807, 2.05) is 37.3 Å². The SMILES string of the molecule is C[C@H](Nc1cncc(-c2cccc(CO)c2)n1)c1cccc(NC(=O)c2cccc(C(F)(F)F)c2)c1. The molecule has 0 fully saturated rings. The molecule has 6 nitrogen and oxygen atoms in total. The molecule has 1 atom stereocenters. The largest absolute Gasteiger partial charge is 0.416 e. The first kappa shape index (κ1) is 24.9. The fourth-order valence-corrected chi connectivity index (χ4v) is 3.63. The van der Waals surface area contributed by atoms with Gasteiger partial charge in [-0.25, -0.2) is 4.98 Å². The molecule has 9 heteroatoms. The smallest absolute Gasteiger partial charge is 0.392 e. The standard InChI is InChI=1S/C27H23F3N4O2/c1-17(32-25-15-31-14-24(34-25)20-7-2-5-18(11-20)16-35)19-6-4-10-23(13-19)33-26(36)21-8-3-9-22(12-21)27(28,29)30/h2-15,17,35H,16H2,1H3,(H,32,34)(H,33,36)/t17-/m0/s1. The van der Waals surface area contributed by atoms with Crippen LogP contribution in [-0.2, 0) is 12.8 Å². The van der Waals surface area contributed by atoms with Gasteiger partial charge in [-0.2, -0.15) is 13.2 Å². The number of halogens is 3. The average Bonchev–Trinajstić information content (AvgIpc) is 2.88. The predicted octanol–water partition coefficient (Wildman–Crippen LogP) is 6.08. The number of carbonyl (C=O) groups is 1. The maximum absolute atomic E-state index is 13.0. The van der Waals surface area contributed by atoms with Gasteiger partial charge in [-0.05, 0) is 54.4 Å². The molecule has 0 aliphatic rings. The Hall–Kier alpha value is -4.24. The molecule has 1 aromatic heterocycles. The number of aliphatic hydroxyl groups is 1. The Kier molecular flexibility index (Phi) is 7.30. The number of hydrogen-bond donors (Lipinski definition) is 3. The van der Waals surface area contributed by atoms with Crippen molar-refractivity contribution in [2.24, 2.45) is 0 Å². The molecule has 1 amide bonds. The first-order chi connectivity index (χ1) is 17.2. The van der Waals surface area contributed by atoms with Crippen LogP contribution in [0, 0.1) is 0 Å². The van der Waals surface area contributed by atoms with Crippen molar-refractivity contribution >= 4 is 17.4 Å². The van der Waals surface area contributed by atoms with Crippen LogP contribution in [0.2, 0.25) is 0 Å². The molecule has 0 radical (unpaired) electrons. The van der Waals surface area contributed by atoms with Crippen LogP contribution in [0.5, 0.6) is 0 Å². The van der Waals surface area contributed by atoms with E-state index >= 15 is 0 Å². The van der Waals surface area contributed by atoms with E-state index in [2.05, 4.69) is 20.6 Å². The van der Waals surface area contributed by atoms with Crippen LogP contribution in [0.4, 0.5) is 24.7 Å². The van der Waals surface area contributed by atoms with Gasteiger partial charge in [0.1, 0.15) is 5.82 Å². The highest BCUT2D eigenvalue weighted by atomic mass is 19.4. The summed E-state index contributed by atoms with van der Waals surface area (Å²) in [4.78, 5) is 21.4. The van der Waals surface area contributed by atoms with Crippen molar-refractivity contribution in [3.8, 4) is 11.3 Å². The van der Waals surface area contributed by atoms with Gasteiger partial charge in [0.2, 0.25) is 0 Å². The van der Waals surface area contributed by atoms with Gasteiger partial charge in [0.05, 0.1) is 36.3 Å². The lowest BCUT2D eigenvalue weighted by atomic mass is 10.1. The Bertz CT molecular complexity index is 1370. The summed E-state index contributed by atoms with van der Waals surface area (Å²) in [5.41, 5.74) is 2.54. The van der Waals surface area contributed by atoms with Gasteiger partial charge in [0.15, 0.2) is 0 Å². The summed E-state index contributed by atoms with van der Waals surface area (Å²) < 4.78 is 38.9. The van der Waals surface area contributed by atoms with E-state index in [-0.39, 0.29) is 18.2 Å². The summed E-state index contributed by atoms with van der Waals surface area (Å²) in [6.07, 6.45) is -1.30. The van der Waals surface area contributed by atoms with Gasteiger partial charge < -0.3 is 15.7 Å². The number of anilines is 2. The summed E-state index contributed by atoms with van der Waals surface area (Å²) in [7, 11) is 0. The number of hydrogen-bond acceptors (Lipinski definition) is 5. The van der Waals surface area contributed by atoms with Crippen LogP contribution < -0.4 is 10.6 Å². The average molecular weight is 493 g/mol. The van der Waals surface area contributed by atoms with Crippen molar-refractivity contribution in [2.75, 3.05) is 10.6 Å². The monoisotopic (exact) mass is 492 g/mol. The summed E-state index contributed by atoms with van der Waals surface area (Å²) >= 11 is 0. The van der Waals surface area contributed by atoms with Gasteiger partial charge in [-0.1, -0.05) is 36.4 Å². The third-order valence-corrected chi connectivity index (χ3v) is 5.50. The van der Waals surface area contributed by atoms with Gasteiger partial charge >= 0.3 is 6.18 Å². The number of aliphatic hydroxyl groups excluding tert-OH is 1. The van der Waals surface area contributed by atoms with Gasteiger partial charge in [-0.15, -0.1) is 0 Å². The van der Waals surface area contributed by atoms with Crippen LogP contribution in [-0.4, -0.2) is 21.0 Å². The van der Waals surface area contributed by atoms with Crippen LogP contribution in [0.25, 0.3) is 11.3 Å². The minimum absolute atomic E-state index is 0.0725. The molecule has 36 heavy (non-hydrogen) atoms. The molecule has 1 heterocycles. The van der Waals surface area contributed by atoms with Crippen molar-refractivity contribution in [1.29, 1.82) is 0 Å². The topological polar surface area (TPSA) is 87.1 Å². The lowest BCUT2D eigenvalue weighted by molar-refractivity contribution is -0.137. The number of carbonyl (C=O) groups excluding carboxylic acids is 1. The highest BCUT2D eigenvalue weighted by molar-refractivity contribution is 6.04. The van der Waals surface area contributed by atoms with Crippen LogP contribution in [0.15, 0.2) is 85.2 Å². The molecule has 0 aliphatic carbocycles. The molecular weight excluding hydrogens is 469 g/mol.